The molecule has 0 aromatic heterocycles. The van der Waals surface area contributed by atoms with E-state index >= 15 is 0 Å². The van der Waals surface area contributed by atoms with Gasteiger partial charge in [0.2, 0.25) is 0 Å². The Hall–Kier alpha value is -5.23. The van der Waals surface area contributed by atoms with E-state index in [-0.39, 0.29) is 22.9 Å². The van der Waals surface area contributed by atoms with E-state index in [4.69, 9.17) is 9.47 Å². The number of nitrogens with zero attached hydrogens (tertiary/aromatic N) is 3. The van der Waals surface area contributed by atoms with Crippen LogP contribution in [0.15, 0.2) is 107 Å². The van der Waals surface area contributed by atoms with Crippen LogP contribution in [0.4, 0.5) is 11.4 Å². The highest BCUT2D eigenvalue weighted by Gasteiger charge is 2.27. The summed E-state index contributed by atoms with van der Waals surface area (Å²) in [6.45, 7) is 1.57. The van der Waals surface area contributed by atoms with Gasteiger partial charge in [0.1, 0.15) is 24.7 Å². The Morgan fingerprint density at radius 3 is 2.31 bits per heavy atom. The molecule has 0 atom stereocenters. The molecule has 0 saturated heterocycles. The van der Waals surface area contributed by atoms with Crippen molar-refractivity contribution in [2.24, 2.45) is 5.10 Å². The van der Waals surface area contributed by atoms with E-state index in [9.17, 15) is 23.3 Å². The summed E-state index contributed by atoms with van der Waals surface area (Å²) in [6.07, 6.45) is 1.42. The van der Waals surface area contributed by atoms with Crippen LogP contribution in [0, 0.1) is 17.0 Å². The van der Waals surface area contributed by atoms with Crippen molar-refractivity contribution in [2.75, 3.05) is 18.0 Å². The van der Waals surface area contributed by atoms with Crippen LogP contribution in [-0.2, 0) is 21.4 Å². The predicted octanol–water partition coefficient (Wildman–Crippen LogP) is 4.84. The molecule has 1 N–H and O–H groups in total. The van der Waals surface area contributed by atoms with Crippen molar-refractivity contribution in [1.82, 2.24) is 5.43 Å². The van der Waals surface area contributed by atoms with Crippen molar-refractivity contribution >= 4 is 33.5 Å². The maximum Gasteiger partial charge on any atom is 0.269 e. The second-order valence-electron chi connectivity index (χ2n) is 9.10. The summed E-state index contributed by atoms with van der Waals surface area (Å²) in [5.41, 5.74) is 4.99. The third-order valence-corrected chi connectivity index (χ3v) is 7.86. The van der Waals surface area contributed by atoms with Gasteiger partial charge in [0.05, 0.1) is 28.8 Å². The number of ether oxygens (including phenoxy) is 2. The highest BCUT2D eigenvalue weighted by atomic mass is 32.2. The van der Waals surface area contributed by atoms with E-state index in [1.165, 1.54) is 43.7 Å². The van der Waals surface area contributed by atoms with Crippen molar-refractivity contribution in [3.63, 3.8) is 0 Å². The molecule has 0 unspecified atom stereocenters. The SMILES string of the molecule is COc1cccc(N(CC(=O)N/N=C\c2ccc(OCc3ccc([N+](=O)[O-])cc3)cc2)S(=O)(=O)c2ccc(C)cc2)c1. The first-order valence-corrected chi connectivity index (χ1v) is 14.1. The Kier molecular flexibility index (Phi) is 9.50. The van der Waals surface area contributed by atoms with Crippen LogP contribution in [-0.4, -0.2) is 39.1 Å². The highest BCUT2D eigenvalue weighted by Crippen LogP contribution is 2.27. The number of hydrogen-bond donors (Lipinski definition) is 1. The summed E-state index contributed by atoms with van der Waals surface area (Å²) in [6, 6.07) is 25.8. The Bertz CT molecular complexity index is 1670. The van der Waals surface area contributed by atoms with Crippen LogP contribution >= 0.6 is 0 Å². The molecule has 0 aliphatic carbocycles. The fourth-order valence-electron chi connectivity index (χ4n) is 3.79. The van der Waals surface area contributed by atoms with Gasteiger partial charge in [0.25, 0.3) is 21.6 Å². The van der Waals surface area contributed by atoms with Gasteiger partial charge in [-0.2, -0.15) is 5.10 Å². The zero-order valence-corrected chi connectivity index (χ0v) is 23.7. The summed E-state index contributed by atoms with van der Waals surface area (Å²) >= 11 is 0. The molecule has 0 radical (unpaired) electrons. The standard InChI is InChI=1S/C30H28N4O7S/c1-22-6-16-29(17-7-22)42(38,39)33(26-4-3-5-28(18-26)40-2)20-30(35)32-31-19-23-10-14-27(15-11-23)41-21-24-8-12-25(13-9-24)34(36)37/h3-19H,20-21H2,1-2H3,(H,32,35)/b31-19-. The number of aryl methyl sites for hydroxylation is 1. The van der Waals surface area contributed by atoms with Crippen LogP contribution in [0.3, 0.4) is 0 Å². The summed E-state index contributed by atoms with van der Waals surface area (Å²) in [5.74, 6) is 0.368. The third-order valence-electron chi connectivity index (χ3n) is 6.07. The molecule has 4 rings (SSSR count). The minimum absolute atomic E-state index is 0.00961. The number of hydrogen-bond acceptors (Lipinski definition) is 8. The van der Waals surface area contributed by atoms with Crippen molar-refractivity contribution in [1.29, 1.82) is 0 Å². The van der Waals surface area contributed by atoms with E-state index in [0.717, 1.165) is 15.4 Å². The number of carbonyl (C=O) groups is 1. The Labute approximate surface area is 243 Å². The van der Waals surface area contributed by atoms with E-state index in [1.54, 1.807) is 66.7 Å². The molecule has 216 valence electrons. The first kappa shape index (κ1) is 29.7. The van der Waals surface area contributed by atoms with Gasteiger partial charge in [-0.25, -0.2) is 13.8 Å². The molecule has 4 aromatic carbocycles. The van der Waals surface area contributed by atoms with Crippen LogP contribution in [0.25, 0.3) is 0 Å². The minimum Gasteiger partial charge on any atom is -0.497 e. The molecule has 0 heterocycles. The quantitative estimate of drug-likeness (QED) is 0.142. The molecule has 0 saturated carbocycles. The summed E-state index contributed by atoms with van der Waals surface area (Å²) in [7, 11) is -2.61. The van der Waals surface area contributed by atoms with E-state index in [1.807, 2.05) is 6.92 Å². The van der Waals surface area contributed by atoms with Crippen molar-refractivity contribution in [3.05, 3.63) is 124 Å². The number of non-ortho nitro benzene ring substituents is 1. The molecular weight excluding hydrogens is 560 g/mol. The van der Waals surface area contributed by atoms with Crippen molar-refractivity contribution in [2.45, 2.75) is 18.4 Å². The number of hydrazone groups is 1. The maximum atomic E-state index is 13.5. The van der Waals surface area contributed by atoms with Gasteiger partial charge in [0, 0.05) is 18.2 Å². The molecule has 4 aromatic rings. The van der Waals surface area contributed by atoms with Gasteiger partial charge >= 0.3 is 0 Å². The lowest BCUT2D eigenvalue weighted by Gasteiger charge is -2.24. The van der Waals surface area contributed by atoms with Gasteiger partial charge in [-0.3, -0.25) is 19.2 Å². The van der Waals surface area contributed by atoms with Gasteiger partial charge in [0.15, 0.2) is 0 Å². The summed E-state index contributed by atoms with van der Waals surface area (Å²) < 4.78 is 39.0. The molecule has 0 bridgehead atoms. The third kappa shape index (κ3) is 7.70. The number of anilines is 1. The summed E-state index contributed by atoms with van der Waals surface area (Å²) in [4.78, 5) is 23.2. The average molecular weight is 589 g/mol. The first-order chi connectivity index (χ1) is 20.2. The Morgan fingerprint density at radius 2 is 1.67 bits per heavy atom. The number of benzene rings is 4. The van der Waals surface area contributed by atoms with Gasteiger partial charge in [-0.15, -0.1) is 0 Å². The predicted molar refractivity (Wildman–Crippen MR) is 158 cm³/mol. The fraction of sp³-hybridized carbons (Fsp3) is 0.133. The monoisotopic (exact) mass is 588 g/mol. The molecule has 0 aliphatic rings. The van der Waals surface area contributed by atoms with Crippen molar-refractivity contribution in [3.8, 4) is 11.5 Å². The number of nitrogens with one attached hydrogen (secondary N) is 1. The maximum absolute atomic E-state index is 13.5. The van der Waals surface area contributed by atoms with Crippen LogP contribution in [0.2, 0.25) is 0 Å². The molecule has 42 heavy (non-hydrogen) atoms. The van der Waals surface area contributed by atoms with E-state index in [0.29, 0.717) is 17.1 Å². The van der Waals surface area contributed by atoms with Gasteiger partial charge in [-0.1, -0.05) is 23.8 Å². The van der Waals surface area contributed by atoms with Crippen molar-refractivity contribution < 1.29 is 27.6 Å². The molecule has 0 fully saturated rings. The number of nitro benzene ring substituents is 1. The van der Waals surface area contributed by atoms with E-state index < -0.39 is 27.4 Å². The number of rotatable bonds is 12. The lowest BCUT2D eigenvalue weighted by atomic mass is 10.2. The topological polar surface area (TPSA) is 140 Å². The number of amides is 1. The van der Waals surface area contributed by atoms with Gasteiger partial charge < -0.3 is 9.47 Å². The highest BCUT2D eigenvalue weighted by molar-refractivity contribution is 7.92. The Balaban J connectivity index is 1.39. The first-order valence-electron chi connectivity index (χ1n) is 12.7. The number of sulfonamides is 1. The number of nitro groups is 1. The van der Waals surface area contributed by atoms with E-state index in [2.05, 4.69) is 10.5 Å². The largest absolute Gasteiger partial charge is 0.497 e. The molecule has 0 aliphatic heterocycles. The second kappa shape index (κ2) is 13.4. The lowest BCUT2D eigenvalue weighted by Crippen LogP contribution is -2.39. The molecular formula is C30H28N4O7S. The minimum atomic E-state index is -4.08. The number of methoxy groups -OCH3 is 1. The second-order valence-corrected chi connectivity index (χ2v) is 11.0. The van der Waals surface area contributed by atoms with Crippen LogP contribution < -0.4 is 19.2 Å². The summed E-state index contributed by atoms with van der Waals surface area (Å²) in [5, 5.41) is 14.7. The molecule has 1 amide bonds. The zero-order chi connectivity index (χ0) is 30.1. The lowest BCUT2D eigenvalue weighted by molar-refractivity contribution is -0.384. The number of carbonyl (C=O) groups excluding carboxylic acids is 1. The van der Waals surface area contributed by atoms with Crippen LogP contribution in [0.1, 0.15) is 16.7 Å². The normalized spacial score (nSPS) is 11.2. The fourth-order valence-corrected chi connectivity index (χ4v) is 5.21. The molecule has 11 nitrogen and oxygen atoms in total. The van der Waals surface area contributed by atoms with Gasteiger partial charge in [-0.05, 0) is 78.7 Å². The zero-order valence-electron chi connectivity index (χ0n) is 22.8. The smallest absolute Gasteiger partial charge is 0.269 e. The molecule has 12 heteroatoms. The molecule has 0 spiro atoms. The Morgan fingerprint density at radius 1 is 0.976 bits per heavy atom. The van der Waals surface area contributed by atoms with Crippen LogP contribution in [0.5, 0.6) is 11.5 Å². The average Bonchev–Trinajstić information content (AvgIpc) is 3.00.